The van der Waals surface area contributed by atoms with Gasteiger partial charge in [0, 0.05) is 18.0 Å². The van der Waals surface area contributed by atoms with Crippen LogP contribution in [0.4, 0.5) is 5.69 Å². The van der Waals surface area contributed by atoms with Crippen molar-refractivity contribution in [2.75, 3.05) is 12.4 Å². The number of anilines is 1. The number of nitrogens with one attached hydrogen (secondary N) is 1. The van der Waals surface area contributed by atoms with Crippen LogP contribution in [0.25, 0.3) is 0 Å². The van der Waals surface area contributed by atoms with Crippen LogP contribution in [0.1, 0.15) is 31.9 Å². The van der Waals surface area contributed by atoms with Crippen LogP contribution in [-0.2, 0) is 4.79 Å². The van der Waals surface area contributed by atoms with Gasteiger partial charge in [0.25, 0.3) is 0 Å². The van der Waals surface area contributed by atoms with Gasteiger partial charge in [0.1, 0.15) is 11.5 Å². The summed E-state index contributed by atoms with van der Waals surface area (Å²) in [6.45, 7) is 3.90. The highest BCUT2D eigenvalue weighted by molar-refractivity contribution is 5.81. The normalized spacial score (nSPS) is 13.2. The lowest BCUT2D eigenvalue weighted by atomic mass is 9.90. The molecule has 0 amide bonds. The first kappa shape index (κ1) is 16.1. The fourth-order valence-electron chi connectivity index (χ4n) is 2.53. The van der Waals surface area contributed by atoms with Gasteiger partial charge in [0.2, 0.25) is 0 Å². The molecule has 2 aromatic rings. The zero-order valence-corrected chi connectivity index (χ0v) is 13.4. The van der Waals surface area contributed by atoms with Gasteiger partial charge in [0.05, 0.1) is 13.2 Å². The van der Waals surface area contributed by atoms with Crippen LogP contribution in [0.2, 0.25) is 0 Å². The topological polar surface area (TPSA) is 38.3 Å². The van der Waals surface area contributed by atoms with Crippen LogP contribution in [-0.4, -0.2) is 12.9 Å². The zero-order valence-electron chi connectivity index (χ0n) is 13.4. The lowest BCUT2D eigenvalue weighted by Crippen LogP contribution is -2.25. The third kappa shape index (κ3) is 3.88. The van der Waals surface area contributed by atoms with Crippen molar-refractivity contribution in [1.29, 1.82) is 0 Å². The van der Waals surface area contributed by atoms with Crippen LogP contribution in [0.15, 0.2) is 54.6 Å². The molecule has 0 aliphatic heterocycles. The van der Waals surface area contributed by atoms with E-state index in [-0.39, 0.29) is 17.7 Å². The summed E-state index contributed by atoms with van der Waals surface area (Å²) in [5.74, 6) is 0.990. The van der Waals surface area contributed by atoms with E-state index in [0.717, 1.165) is 17.0 Å². The molecule has 0 aliphatic carbocycles. The molecule has 116 valence electrons. The molecule has 2 rings (SSSR count). The summed E-state index contributed by atoms with van der Waals surface area (Å²) < 4.78 is 5.18. The number of hydrogen-bond acceptors (Lipinski definition) is 3. The van der Waals surface area contributed by atoms with Gasteiger partial charge in [-0.2, -0.15) is 0 Å². The van der Waals surface area contributed by atoms with Gasteiger partial charge in [-0.05, 0) is 29.8 Å². The molecule has 3 nitrogen and oxygen atoms in total. The van der Waals surface area contributed by atoms with E-state index in [1.807, 2.05) is 56.3 Å². The van der Waals surface area contributed by atoms with Gasteiger partial charge < -0.3 is 10.1 Å². The average Bonchev–Trinajstić information content (AvgIpc) is 2.59. The van der Waals surface area contributed by atoms with Crippen LogP contribution < -0.4 is 10.1 Å². The second kappa shape index (κ2) is 7.64. The van der Waals surface area contributed by atoms with Crippen molar-refractivity contribution in [1.82, 2.24) is 0 Å². The number of methoxy groups -OCH3 is 1. The lowest BCUT2D eigenvalue weighted by Gasteiger charge is -2.26. The van der Waals surface area contributed by atoms with Crippen LogP contribution in [0.5, 0.6) is 5.75 Å². The zero-order chi connectivity index (χ0) is 15.9. The highest BCUT2D eigenvalue weighted by Crippen LogP contribution is 2.28. The Morgan fingerprint density at radius 3 is 2.27 bits per heavy atom. The molecule has 2 atom stereocenters. The van der Waals surface area contributed by atoms with Gasteiger partial charge in [-0.1, -0.05) is 44.2 Å². The summed E-state index contributed by atoms with van der Waals surface area (Å²) in [6, 6.07) is 17.8. The second-order valence-corrected chi connectivity index (χ2v) is 5.37. The first-order valence-corrected chi connectivity index (χ1v) is 7.64. The SMILES string of the molecule is CCC(=O)C(C)C(Nc1ccc(OC)cc1)c1ccccc1. The standard InChI is InChI=1S/C19H23NO2/c1-4-18(21)14(2)19(15-8-6-5-7-9-15)20-16-10-12-17(22-3)13-11-16/h5-14,19-20H,4H2,1-3H3. The number of carbonyl (C=O) groups excluding carboxylic acids is 1. The van der Waals surface area contributed by atoms with Gasteiger partial charge in [0.15, 0.2) is 0 Å². The van der Waals surface area contributed by atoms with Gasteiger partial charge in [-0.25, -0.2) is 0 Å². The first-order chi connectivity index (χ1) is 10.7. The smallest absolute Gasteiger partial charge is 0.137 e. The minimum Gasteiger partial charge on any atom is -0.497 e. The summed E-state index contributed by atoms with van der Waals surface area (Å²) in [6.07, 6.45) is 0.550. The van der Waals surface area contributed by atoms with Crippen molar-refractivity contribution in [3.8, 4) is 5.75 Å². The summed E-state index contributed by atoms with van der Waals surface area (Å²) in [5.41, 5.74) is 2.10. The van der Waals surface area contributed by atoms with E-state index in [9.17, 15) is 4.79 Å². The Balaban J connectivity index is 2.25. The first-order valence-electron chi connectivity index (χ1n) is 7.64. The molecule has 0 heterocycles. The molecule has 0 saturated heterocycles. The fraction of sp³-hybridized carbons (Fsp3) is 0.316. The van der Waals surface area contributed by atoms with Crippen molar-refractivity contribution >= 4 is 11.5 Å². The maximum absolute atomic E-state index is 12.2. The quantitative estimate of drug-likeness (QED) is 0.819. The fourth-order valence-corrected chi connectivity index (χ4v) is 2.53. The van der Waals surface area contributed by atoms with E-state index in [1.165, 1.54) is 0 Å². The van der Waals surface area contributed by atoms with Crippen molar-refractivity contribution in [2.45, 2.75) is 26.3 Å². The maximum atomic E-state index is 12.2. The van der Waals surface area contributed by atoms with Crippen LogP contribution in [0, 0.1) is 5.92 Å². The molecule has 1 N–H and O–H groups in total. The summed E-state index contributed by atoms with van der Waals surface area (Å²) >= 11 is 0. The number of hydrogen-bond donors (Lipinski definition) is 1. The van der Waals surface area contributed by atoms with Crippen molar-refractivity contribution < 1.29 is 9.53 Å². The molecule has 0 spiro atoms. The monoisotopic (exact) mass is 297 g/mol. The second-order valence-electron chi connectivity index (χ2n) is 5.37. The van der Waals surface area contributed by atoms with E-state index in [1.54, 1.807) is 7.11 Å². The predicted octanol–water partition coefficient (Wildman–Crippen LogP) is 4.46. The Labute approximate surface area is 132 Å². The molecule has 3 heteroatoms. The lowest BCUT2D eigenvalue weighted by molar-refractivity contribution is -0.122. The largest absolute Gasteiger partial charge is 0.497 e. The molecule has 0 bridgehead atoms. The number of ether oxygens (including phenoxy) is 1. The average molecular weight is 297 g/mol. The third-order valence-corrected chi connectivity index (χ3v) is 3.93. The van der Waals surface area contributed by atoms with Gasteiger partial charge >= 0.3 is 0 Å². The molecule has 0 aliphatic rings. The minimum absolute atomic E-state index is 0.0398. The molecule has 0 saturated carbocycles. The highest BCUT2D eigenvalue weighted by Gasteiger charge is 2.24. The van der Waals surface area contributed by atoms with Crippen molar-refractivity contribution in [2.24, 2.45) is 5.92 Å². The summed E-state index contributed by atoms with van der Waals surface area (Å²) in [4.78, 5) is 12.2. The number of rotatable bonds is 7. The van der Waals surface area contributed by atoms with E-state index in [0.29, 0.717) is 6.42 Å². The van der Waals surface area contributed by atoms with Gasteiger partial charge in [-0.15, -0.1) is 0 Å². The van der Waals surface area contributed by atoms with Crippen LogP contribution >= 0.6 is 0 Å². The molecular weight excluding hydrogens is 274 g/mol. The Hall–Kier alpha value is -2.29. The Kier molecular flexibility index (Phi) is 5.59. The summed E-state index contributed by atoms with van der Waals surface area (Å²) in [5, 5.41) is 3.49. The van der Waals surface area contributed by atoms with E-state index >= 15 is 0 Å². The summed E-state index contributed by atoms with van der Waals surface area (Å²) in [7, 11) is 1.65. The number of ketones is 1. The third-order valence-electron chi connectivity index (χ3n) is 3.93. The molecule has 0 aromatic heterocycles. The maximum Gasteiger partial charge on any atom is 0.137 e. The predicted molar refractivity (Wildman–Crippen MR) is 90.3 cm³/mol. The molecule has 22 heavy (non-hydrogen) atoms. The van der Waals surface area contributed by atoms with Gasteiger partial charge in [-0.3, -0.25) is 4.79 Å². The number of benzene rings is 2. The van der Waals surface area contributed by atoms with E-state index in [4.69, 9.17) is 4.74 Å². The van der Waals surface area contributed by atoms with Crippen molar-refractivity contribution in [3.05, 3.63) is 60.2 Å². The molecule has 0 radical (unpaired) electrons. The van der Waals surface area contributed by atoms with Crippen LogP contribution in [0.3, 0.4) is 0 Å². The minimum atomic E-state index is -0.0884. The number of carbonyl (C=O) groups is 1. The Morgan fingerprint density at radius 1 is 1.09 bits per heavy atom. The molecule has 2 unspecified atom stereocenters. The Morgan fingerprint density at radius 2 is 1.73 bits per heavy atom. The molecule has 0 fully saturated rings. The van der Waals surface area contributed by atoms with E-state index < -0.39 is 0 Å². The van der Waals surface area contributed by atoms with Crippen molar-refractivity contribution in [3.63, 3.8) is 0 Å². The number of Topliss-reactive ketones (excluding diaryl/α,β-unsaturated/α-hetero) is 1. The molecule has 2 aromatic carbocycles. The van der Waals surface area contributed by atoms with E-state index in [2.05, 4.69) is 17.4 Å². The highest BCUT2D eigenvalue weighted by atomic mass is 16.5. The Bertz CT molecular complexity index is 593. The molecular formula is C19H23NO2.